The summed E-state index contributed by atoms with van der Waals surface area (Å²) in [6, 6.07) is 5.05. The molecule has 0 saturated heterocycles. The molecule has 0 aliphatic carbocycles. The minimum atomic E-state index is -0.963. The molecule has 2 amide bonds. The molecule has 1 aromatic rings. The number of anilines is 1. The Balaban J connectivity index is 1.69. The van der Waals surface area contributed by atoms with Gasteiger partial charge in [-0.05, 0) is 46.2 Å². The van der Waals surface area contributed by atoms with Crippen molar-refractivity contribution in [1.82, 2.24) is 5.32 Å². The van der Waals surface area contributed by atoms with Crippen molar-refractivity contribution in [2.75, 3.05) is 25.1 Å². The number of esters is 1. The van der Waals surface area contributed by atoms with Gasteiger partial charge in [0, 0.05) is 24.7 Å². The van der Waals surface area contributed by atoms with E-state index in [0.29, 0.717) is 36.8 Å². The second kappa shape index (κ2) is 9.99. The Morgan fingerprint density at radius 2 is 1.83 bits per heavy atom. The molecular formula is C20H28N2O7. The molecule has 160 valence electrons. The van der Waals surface area contributed by atoms with Gasteiger partial charge in [-0.1, -0.05) is 0 Å². The van der Waals surface area contributed by atoms with E-state index in [9.17, 15) is 14.4 Å². The van der Waals surface area contributed by atoms with E-state index in [2.05, 4.69) is 10.6 Å². The molecule has 0 aromatic heterocycles. The van der Waals surface area contributed by atoms with Gasteiger partial charge in [0.25, 0.3) is 5.91 Å². The summed E-state index contributed by atoms with van der Waals surface area (Å²) in [6.45, 7) is 7.98. The lowest BCUT2D eigenvalue weighted by atomic mass is 10.2. The van der Waals surface area contributed by atoms with Crippen LogP contribution in [0.15, 0.2) is 18.2 Å². The standard InChI is InChI=1S/C20H28N2O7/c1-13(28-17(23)6-5-9-21-19(25)29-20(2,3)4)18(24)22-14-7-8-15-16(12-14)27-11-10-26-15/h7-8,12-13H,5-6,9-11H2,1-4H3,(H,21,25)(H,22,24)/t13-/m0/s1. The molecule has 1 aliphatic heterocycles. The predicted molar refractivity (Wildman–Crippen MR) is 105 cm³/mol. The number of carbonyl (C=O) groups is 3. The lowest BCUT2D eigenvalue weighted by Crippen LogP contribution is -2.33. The van der Waals surface area contributed by atoms with Crippen LogP contribution in [0.4, 0.5) is 10.5 Å². The highest BCUT2D eigenvalue weighted by atomic mass is 16.6. The van der Waals surface area contributed by atoms with Gasteiger partial charge in [0.15, 0.2) is 17.6 Å². The molecule has 0 unspecified atom stereocenters. The first kappa shape index (κ1) is 22.3. The summed E-state index contributed by atoms with van der Waals surface area (Å²) < 4.78 is 21.1. The summed E-state index contributed by atoms with van der Waals surface area (Å²) in [7, 11) is 0. The number of hydrogen-bond acceptors (Lipinski definition) is 7. The number of rotatable bonds is 7. The normalized spacial score (nSPS) is 13.8. The molecule has 1 aromatic carbocycles. The van der Waals surface area contributed by atoms with Gasteiger partial charge in [-0.15, -0.1) is 0 Å². The molecule has 2 rings (SSSR count). The number of nitrogens with one attached hydrogen (secondary N) is 2. The zero-order valence-corrected chi connectivity index (χ0v) is 17.2. The molecule has 0 saturated carbocycles. The predicted octanol–water partition coefficient (Wildman–Crippen LogP) is 2.63. The molecule has 9 heteroatoms. The second-order valence-electron chi connectivity index (χ2n) is 7.51. The van der Waals surface area contributed by atoms with Crippen LogP contribution in [0.2, 0.25) is 0 Å². The lowest BCUT2D eigenvalue weighted by molar-refractivity contribution is -0.153. The van der Waals surface area contributed by atoms with E-state index >= 15 is 0 Å². The third kappa shape index (κ3) is 7.89. The van der Waals surface area contributed by atoms with Crippen LogP contribution in [-0.2, 0) is 19.1 Å². The maximum absolute atomic E-state index is 12.2. The van der Waals surface area contributed by atoms with Crippen molar-refractivity contribution in [1.29, 1.82) is 0 Å². The van der Waals surface area contributed by atoms with Crippen LogP contribution in [0, 0.1) is 0 Å². The van der Waals surface area contributed by atoms with E-state index in [1.54, 1.807) is 39.0 Å². The Kier molecular flexibility index (Phi) is 7.69. The first-order valence-corrected chi connectivity index (χ1v) is 9.51. The monoisotopic (exact) mass is 408 g/mol. The van der Waals surface area contributed by atoms with Crippen LogP contribution < -0.4 is 20.1 Å². The van der Waals surface area contributed by atoms with Crippen LogP contribution in [0.25, 0.3) is 0 Å². The van der Waals surface area contributed by atoms with Crippen molar-refractivity contribution in [3.05, 3.63) is 18.2 Å². The van der Waals surface area contributed by atoms with Gasteiger partial charge in [0.05, 0.1) is 0 Å². The average molecular weight is 408 g/mol. The first-order chi connectivity index (χ1) is 13.6. The lowest BCUT2D eigenvalue weighted by Gasteiger charge is -2.20. The first-order valence-electron chi connectivity index (χ1n) is 9.51. The summed E-state index contributed by atoms with van der Waals surface area (Å²) in [5.41, 5.74) is -0.0630. The van der Waals surface area contributed by atoms with Crippen LogP contribution in [0.3, 0.4) is 0 Å². The average Bonchev–Trinajstić information content (AvgIpc) is 2.63. The van der Waals surface area contributed by atoms with Crippen molar-refractivity contribution >= 4 is 23.7 Å². The van der Waals surface area contributed by atoms with E-state index in [1.807, 2.05) is 0 Å². The summed E-state index contributed by atoms with van der Waals surface area (Å²) in [5, 5.41) is 5.23. The highest BCUT2D eigenvalue weighted by Crippen LogP contribution is 2.32. The van der Waals surface area contributed by atoms with Gasteiger partial charge in [-0.2, -0.15) is 0 Å². The van der Waals surface area contributed by atoms with Crippen LogP contribution >= 0.6 is 0 Å². The number of ether oxygens (including phenoxy) is 4. The van der Waals surface area contributed by atoms with E-state index in [1.165, 1.54) is 6.92 Å². The highest BCUT2D eigenvalue weighted by molar-refractivity contribution is 5.95. The van der Waals surface area contributed by atoms with Crippen molar-refractivity contribution < 1.29 is 33.3 Å². The number of fused-ring (bicyclic) bond motifs is 1. The Hall–Kier alpha value is -2.97. The maximum Gasteiger partial charge on any atom is 0.407 e. The van der Waals surface area contributed by atoms with Gasteiger partial charge in [-0.25, -0.2) is 4.79 Å². The van der Waals surface area contributed by atoms with E-state index < -0.39 is 29.7 Å². The fraction of sp³-hybridized carbons (Fsp3) is 0.550. The number of hydrogen-bond donors (Lipinski definition) is 2. The van der Waals surface area contributed by atoms with Crippen molar-refractivity contribution in [3.8, 4) is 11.5 Å². The minimum Gasteiger partial charge on any atom is -0.486 e. The van der Waals surface area contributed by atoms with Crippen LogP contribution in [0.5, 0.6) is 11.5 Å². The highest BCUT2D eigenvalue weighted by Gasteiger charge is 2.20. The topological polar surface area (TPSA) is 112 Å². The fourth-order valence-corrected chi connectivity index (χ4v) is 2.41. The maximum atomic E-state index is 12.2. The largest absolute Gasteiger partial charge is 0.486 e. The quantitative estimate of drug-likeness (QED) is 0.527. The van der Waals surface area contributed by atoms with Gasteiger partial charge in [0.2, 0.25) is 0 Å². The van der Waals surface area contributed by atoms with Gasteiger partial charge in [-0.3, -0.25) is 9.59 Å². The molecule has 1 atom stereocenters. The summed E-state index contributed by atoms with van der Waals surface area (Å²) in [6.07, 6.45) is -1.07. The zero-order chi connectivity index (χ0) is 21.4. The Labute approximate surface area is 170 Å². The molecule has 0 fully saturated rings. The number of carbonyl (C=O) groups excluding carboxylic acids is 3. The molecule has 29 heavy (non-hydrogen) atoms. The van der Waals surface area contributed by atoms with Gasteiger partial charge in [0.1, 0.15) is 18.8 Å². The number of alkyl carbamates (subject to hydrolysis) is 1. The van der Waals surface area contributed by atoms with Crippen LogP contribution in [0.1, 0.15) is 40.5 Å². The third-order valence-corrected chi connectivity index (χ3v) is 3.71. The minimum absolute atomic E-state index is 0.0669. The fourth-order valence-electron chi connectivity index (χ4n) is 2.41. The van der Waals surface area contributed by atoms with E-state index in [0.717, 1.165) is 0 Å². The van der Waals surface area contributed by atoms with E-state index in [4.69, 9.17) is 18.9 Å². The zero-order valence-electron chi connectivity index (χ0n) is 17.2. The van der Waals surface area contributed by atoms with Gasteiger partial charge >= 0.3 is 12.1 Å². The smallest absolute Gasteiger partial charge is 0.407 e. The molecule has 2 N–H and O–H groups in total. The summed E-state index contributed by atoms with van der Waals surface area (Å²) in [4.78, 5) is 35.6. The molecule has 0 bridgehead atoms. The SMILES string of the molecule is C[C@H](OC(=O)CCCNC(=O)OC(C)(C)C)C(=O)Nc1ccc2c(c1)OCCO2. The Morgan fingerprint density at radius 1 is 1.14 bits per heavy atom. The van der Waals surface area contributed by atoms with E-state index in [-0.39, 0.29) is 13.0 Å². The Morgan fingerprint density at radius 3 is 2.52 bits per heavy atom. The molecule has 1 heterocycles. The Bertz CT molecular complexity index is 743. The van der Waals surface area contributed by atoms with Gasteiger partial charge < -0.3 is 29.6 Å². The van der Waals surface area contributed by atoms with Crippen molar-refractivity contribution in [2.45, 2.75) is 52.2 Å². The third-order valence-electron chi connectivity index (χ3n) is 3.71. The summed E-state index contributed by atoms with van der Waals surface area (Å²) in [5.74, 6) is 0.188. The molecular weight excluding hydrogens is 380 g/mol. The molecule has 0 spiro atoms. The summed E-state index contributed by atoms with van der Waals surface area (Å²) >= 11 is 0. The van der Waals surface area contributed by atoms with Crippen molar-refractivity contribution in [2.24, 2.45) is 0 Å². The second-order valence-corrected chi connectivity index (χ2v) is 7.51. The van der Waals surface area contributed by atoms with Crippen molar-refractivity contribution in [3.63, 3.8) is 0 Å². The number of amides is 2. The molecule has 1 aliphatic rings. The van der Waals surface area contributed by atoms with Crippen LogP contribution in [-0.4, -0.2) is 49.4 Å². The molecule has 0 radical (unpaired) electrons. The number of benzene rings is 1. The molecule has 9 nitrogen and oxygen atoms in total.